The Hall–Kier alpha value is -4.20. The Balaban J connectivity index is 1.82. The zero-order valence-corrected chi connectivity index (χ0v) is 17.9. The van der Waals surface area contributed by atoms with E-state index < -0.39 is 0 Å². The van der Waals surface area contributed by atoms with E-state index in [0.29, 0.717) is 29.4 Å². The van der Waals surface area contributed by atoms with Crippen LogP contribution in [0.3, 0.4) is 0 Å². The molecule has 0 atom stereocenters. The molecule has 0 radical (unpaired) electrons. The molecule has 0 fully saturated rings. The first-order valence-corrected chi connectivity index (χ1v) is 10.2. The first kappa shape index (κ1) is 19.7. The van der Waals surface area contributed by atoms with Gasteiger partial charge in [0.15, 0.2) is 0 Å². The summed E-state index contributed by atoms with van der Waals surface area (Å²) >= 11 is 0. The molecule has 160 valence electrons. The lowest BCUT2D eigenvalue weighted by atomic mass is 9.99. The number of hydrogen-bond acceptors (Lipinski definition) is 6. The van der Waals surface area contributed by atoms with Crippen LogP contribution in [0.4, 0.5) is 0 Å². The van der Waals surface area contributed by atoms with Gasteiger partial charge in [-0.3, -0.25) is 9.78 Å². The zero-order chi connectivity index (χ0) is 22.2. The van der Waals surface area contributed by atoms with E-state index in [1.165, 1.54) is 0 Å². The number of aryl methyl sites for hydroxylation is 2. The normalized spacial score (nSPS) is 11.2. The van der Waals surface area contributed by atoms with Crippen molar-refractivity contribution in [1.29, 1.82) is 0 Å². The lowest BCUT2D eigenvalue weighted by Gasteiger charge is -2.16. The van der Waals surface area contributed by atoms with Crippen LogP contribution in [0.5, 0.6) is 5.75 Å². The summed E-state index contributed by atoms with van der Waals surface area (Å²) in [6.07, 6.45) is 5.05. The summed E-state index contributed by atoms with van der Waals surface area (Å²) in [4.78, 5) is 25.3. The summed E-state index contributed by atoms with van der Waals surface area (Å²) in [6, 6.07) is 11.4. The number of hydrogen-bond donors (Lipinski definition) is 1. The number of methoxy groups -OCH3 is 1. The number of aromatic amines is 1. The summed E-state index contributed by atoms with van der Waals surface area (Å²) in [7, 11) is 1.61. The third-order valence-electron chi connectivity index (χ3n) is 5.52. The molecule has 1 N–H and O–H groups in total. The van der Waals surface area contributed by atoms with Crippen molar-refractivity contribution in [2.75, 3.05) is 7.11 Å². The molecule has 0 aliphatic heterocycles. The molecule has 32 heavy (non-hydrogen) atoms. The van der Waals surface area contributed by atoms with E-state index in [9.17, 15) is 4.79 Å². The summed E-state index contributed by atoms with van der Waals surface area (Å²) in [5.41, 5.74) is 4.34. The Labute approximate surface area is 183 Å². The van der Waals surface area contributed by atoms with Gasteiger partial charge in [-0.05, 0) is 38.1 Å². The molecule has 8 nitrogen and oxygen atoms in total. The minimum Gasteiger partial charge on any atom is -0.496 e. The van der Waals surface area contributed by atoms with E-state index in [1.807, 2.05) is 50.2 Å². The van der Waals surface area contributed by atoms with Gasteiger partial charge in [-0.2, -0.15) is 0 Å². The Kier molecular flexibility index (Phi) is 4.82. The SMILES string of the molecule is COc1cc2c(cc1-c1c(C)noc1C)cc(-c1ncc[nH]1)c(=O)n2Cc1ccccn1. The van der Waals surface area contributed by atoms with Crippen molar-refractivity contribution < 1.29 is 9.26 Å². The molecule has 8 heteroatoms. The monoisotopic (exact) mass is 427 g/mol. The lowest BCUT2D eigenvalue weighted by molar-refractivity contribution is 0.393. The van der Waals surface area contributed by atoms with E-state index in [0.717, 1.165) is 33.4 Å². The molecule has 1 aromatic carbocycles. The molecule has 4 aromatic heterocycles. The van der Waals surface area contributed by atoms with Gasteiger partial charge in [-0.15, -0.1) is 0 Å². The summed E-state index contributed by atoms with van der Waals surface area (Å²) in [5, 5.41) is 4.95. The zero-order valence-electron chi connectivity index (χ0n) is 17.9. The molecule has 0 saturated heterocycles. The molecule has 4 heterocycles. The van der Waals surface area contributed by atoms with Gasteiger partial charge in [0.2, 0.25) is 0 Å². The summed E-state index contributed by atoms with van der Waals surface area (Å²) in [6.45, 7) is 4.08. The molecular formula is C24H21N5O3. The number of H-pyrrole nitrogens is 1. The van der Waals surface area contributed by atoms with Crippen LogP contribution in [-0.2, 0) is 6.54 Å². The van der Waals surface area contributed by atoms with E-state index in [4.69, 9.17) is 9.26 Å². The highest BCUT2D eigenvalue weighted by Crippen LogP contribution is 2.38. The predicted molar refractivity (Wildman–Crippen MR) is 121 cm³/mol. The molecular weight excluding hydrogens is 406 g/mol. The number of benzene rings is 1. The molecule has 0 amide bonds. The average Bonchev–Trinajstić information content (AvgIpc) is 3.45. The van der Waals surface area contributed by atoms with E-state index in [2.05, 4.69) is 20.1 Å². The van der Waals surface area contributed by atoms with Crippen LogP contribution in [0.25, 0.3) is 33.4 Å². The summed E-state index contributed by atoms with van der Waals surface area (Å²) < 4.78 is 12.8. The van der Waals surface area contributed by atoms with Crippen LogP contribution in [0.1, 0.15) is 17.1 Å². The third kappa shape index (κ3) is 3.26. The minimum absolute atomic E-state index is 0.162. The van der Waals surface area contributed by atoms with Gasteiger partial charge in [-0.25, -0.2) is 4.98 Å². The second-order valence-corrected chi connectivity index (χ2v) is 7.52. The van der Waals surface area contributed by atoms with Gasteiger partial charge in [0.25, 0.3) is 5.56 Å². The fourth-order valence-corrected chi connectivity index (χ4v) is 4.03. The number of imidazole rings is 1. The number of pyridine rings is 2. The van der Waals surface area contributed by atoms with Crippen molar-refractivity contribution in [2.45, 2.75) is 20.4 Å². The first-order valence-electron chi connectivity index (χ1n) is 10.2. The number of fused-ring (bicyclic) bond motifs is 1. The van der Waals surface area contributed by atoms with Gasteiger partial charge in [0.1, 0.15) is 17.3 Å². The topological polar surface area (TPSA) is 98.8 Å². The van der Waals surface area contributed by atoms with E-state index in [1.54, 1.807) is 30.3 Å². The third-order valence-corrected chi connectivity index (χ3v) is 5.52. The van der Waals surface area contributed by atoms with Crippen molar-refractivity contribution in [2.24, 2.45) is 0 Å². The highest BCUT2D eigenvalue weighted by molar-refractivity contribution is 5.91. The highest BCUT2D eigenvalue weighted by Gasteiger charge is 2.20. The minimum atomic E-state index is -0.162. The van der Waals surface area contributed by atoms with Crippen molar-refractivity contribution in [3.05, 3.63) is 82.5 Å². The Bertz CT molecular complexity index is 1450. The Morgan fingerprint density at radius 1 is 1.09 bits per heavy atom. The van der Waals surface area contributed by atoms with Crippen LogP contribution in [-0.4, -0.2) is 31.8 Å². The highest BCUT2D eigenvalue weighted by atomic mass is 16.5. The maximum Gasteiger partial charge on any atom is 0.262 e. The molecule has 0 unspecified atom stereocenters. The van der Waals surface area contributed by atoms with Crippen LogP contribution < -0.4 is 10.3 Å². The van der Waals surface area contributed by atoms with Gasteiger partial charge >= 0.3 is 0 Å². The van der Waals surface area contributed by atoms with Crippen LogP contribution in [0.2, 0.25) is 0 Å². The standard InChI is InChI=1S/C24H21N5O3/c1-14-22(15(2)32-28-14)18-10-16-11-19(23-26-8-9-27-23)24(30)29(20(16)12-21(18)31-3)13-17-6-4-5-7-25-17/h4-12H,13H2,1-3H3,(H,26,27). The molecule has 0 spiro atoms. The van der Waals surface area contributed by atoms with Gasteiger partial charge in [-0.1, -0.05) is 11.2 Å². The quantitative estimate of drug-likeness (QED) is 0.453. The lowest BCUT2D eigenvalue weighted by Crippen LogP contribution is -2.23. The molecule has 0 bridgehead atoms. The smallest absolute Gasteiger partial charge is 0.262 e. The van der Waals surface area contributed by atoms with Crippen LogP contribution >= 0.6 is 0 Å². The number of nitrogens with one attached hydrogen (secondary N) is 1. The number of ether oxygens (including phenoxy) is 1. The number of nitrogens with zero attached hydrogens (tertiary/aromatic N) is 4. The fourth-order valence-electron chi connectivity index (χ4n) is 4.03. The first-order chi connectivity index (χ1) is 15.6. The van der Waals surface area contributed by atoms with Crippen molar-refractivity contribution in [1.82, 2.24) is 24.7 Å². The number of aromatic nitrogens is 5. The summed E-state index contributed by atoms with van der Waals surface area (Å²) in [5.74, 6) is 1.85. The van der Waals surface area contributed by atoms with E-state index >= 15 is 0 Å². The predicted octanol–water partition coefficient (Wildman–Crippen LogP) is 4.12. The maximum atomic E-state index is 13.5. The van der Waals surface area contributed by atoms with Crippen LogP contribution in [0.15, 0.2) is 64.3 Å². The maximum absolute atomic E-state index is 13.5. The average molecular weight is 427 g/mol. The van der Waals surface area contributed by atoms with Gasteiger partial charge in [0.05, 0.1) is 41.7 Å². The molecule has 5 aromatic rings. The second kappa shape index (κ2) is 7.81. The van der Waals surface area contributed by atoms with Crippen LogP contribution in [0, 0.1) is 13.8 Å². The van der Waals surface area contributed by atoms with Crippen molar-refractivity contribution in [3.63, 3.8) is 0 Å². The van der Waals surface area contributed by atoms with Crippen molar-refractivity contribution in [3.8, 4) is 28.3 Å². The Morgan fingerprint density at radius 3 is 2.59 bits per heavy atom. The van der Waals surface area contributed by atoms with E-state index in [-0.39, 0.29) is 5.56 Å². The number of rotatable bonds is 5. The molecule has 5 rings (SSSR count). The van der Waals surface area contributed by atoms with Gasteiger partial charge < -0.3 is 18.8 Å². The molecule has 0 aliphatic rings. The largest absolute Gasteiger partial charge is 0.496 e. The van der Waals surface area contributed by atoms with Gasteiger partial charge in [0, 0.05) is 35.6 Å². The molecule has 0 aliphatic carbocycles. The Morgan fingerprint density at radius 2 is 1.94 bits per heavy atom. The fraction of sp³-hybridized carbons (Fsp3) is 0.167. The second-order valence-electron chi connectivity index (χ2n) is 7.52. The van der Waals surface area contributed by atoms with Crippen molar-refractivity contribution >= 4 is 10.9 Å². The molecule has 0 saturated carbocycles.